The van der Waals surface area contributed by atoms with Gasteiger partial charge in [0.15, 0.2) is 0 Å². The van der Waals surface area contributed by atoms with E-state index < -0.39 is 26.5 Å². The van der Waals surface area contributed by atoms with Crippen LogP contribution in [0.4, 0.5) is 0 Å². The summed E-state index contributed by atoms with van der Waals surface area (Å²) in [4.78, 5) is 11.1. The van der Waals surface area contributed by atoms with Gasteiger partial charge in [-0.15, -0.1) is 0 Å². The molecule has 2 N–H and O–H groups in total. The van der Waals surface area contributed by atoms with Crippen LogP contribution in [0.15, 0.2) is 30.3 Å². The Morgan fingerprint density at radius 2 is 1.69 bits per heavy atom. The molecule has 6 heteroatoms. The summed E-state index contributed by atoms with van der Waals surface area (Å²) in [6, 6.07) is 5.96. The molecule has 0 spiro atoms. The molecule has 2 rings (SSSR count). The van der Waals surface area contributed by atoms with Crippen molar-refractivity contribution in [3.63, 3.8) is 0 Å². The number of hydrogen-bond acceptors (Lipinski definition) is 4. The highest BCUT2D eigenvalue weighted by molar-refractivity contribution is 7.95. The number of carbonyl (C=O) groups excluding carboxylic acids is 1. The summed E-state index contributed by atoms with van der Waals surface area (Å²) in [5, 5.41) is 7.33. The number of Topliss-reactive ketones (excluding diaryl/α,β-unsaturated/α-hetero) is 1. The normalized spacial score (nSPS) is 15.7. The maximum atomic E-state index is 11.5. The molecule has 1 aliphatic rings. The highest BCUT2D eigenvalue weighted by Gasteiger charge is 2.28. The topological polar surface area (TPSA) is 95.3 Å². The van der Waals surface area contributed by atoms with Gasteiger partial charge in [0.25, 0.3) is 10.1 Å². The summed E-state index contributed by atoms with van der Waals surface area (Å²) in [6.45, 7) is 0. The molecule has 0 radical (unpaired) electrons. The van der Waals surface area contributed by atoms with Crippen LogP contribution in [0.1, 0.15) is 15.9 Å². The molecule has 0 unspecified atom stereocenters. The van der Waals surface area contributed by atoms with Crippen molar-refractivity contribution in [1.82, 2.24) is 0 Å². The van der Waals surface area contributed by atoms with E-state index in [1.165, 1.54) is 12.1 Å². The van der Waals surface area contributed by atoms with Gasteiger partial charge in [-0.25, -0.2) is 0 Å². The number of allylic oxidation sites excluding steroid dienone is 1. The second-order valence-corrected chi connectivity index (χ2v) is 4.66. The second kappa shape index (κ2) is 3.36. The maximum absolute atomic E-state index is 11.5. The Balaban J connectivity index is 2.80. The predicted molar refractivity (Wildman–Crippen MR) is 58.0 cm³/mol. The molecule has 0 saturated carbocycles. The number of benzene rings is 1. The van der Waals surface area contributed by atoms with Gasteiger partial charge >= 0.3 is 0 Å². The van der Waals surface area contributed by atoms with E-state index in [-0.39, 0.29) is 11.1 Å². The predicted octanol–water partition coefficient (Wildman–Crippen LogP) is 1.13. The lowest BCUT2D eigenvalue weighted by Gasteiger charge is -2.14. The zero-order valence-electron chi connectivity index (χ0n) is 7.97. The van der Waals surface area contributed by atoms with Crippen LogP contribution in [0.5, 0.6) is 0 Å². The Morgan fingerprint density at radius 1 is 1.12 bits per heavy atom. The van der Waals surface area contributed by atoms with Gasteiger partial charge in [-0.05, 0) is 6.08 Å². The SMILES string of the molecule is N=C1C=C(S(=O)(=O)O)c2ccccc2C1=O. The molecule has 0 aromatic heterocycles. The van der Waals surface area contributed by atoms with E-state index in [0.29, 0.717) is 0 Å². The summed E-state index contributed by atoms with van der Waals surface area (Å²) in [6.07, 6.45) is 0.861. The van der Waals surface area contributed by atoms with Gasteiger partial charge in [0, 0.05) is 11.1 Å². The number of fused-ring (bicyclic) bond motifs is 1. The van der Waals surface area contributed by atoms with E-state index in [4.69, 9.17) is 9.96 Å². The van der Waals surface area contributed by atoms with Gasteiger partial charge in [0.05, 0.1) is 0 Å². The average Bonchev–Trinajstić information content (AvgIpc) is 2.22. The first kappa shape index (κ1) is 10.7. The average molecular weight is 237 g/mol. The molecule has 1 aromatic rings. The largest absolute Gasteiger partial charge is 0.297 e. The van der Waals surface area contributed by atoms with E-state index in [2.05, 4.69) is 0 Å². The number of hydrogen-bond donors (Lipinski definition) is 2. The maximum Gasteiger partial charge on any atom is 0.295 e. The number of carbonyl (C=O) groups is 1. The van der Waals surface area contributed by atoms with Crippen molar-refractivity contribution in [1.29, 1.82) is 5.41 Å². The molecule has 82 valence electrons. The number of nitrogens with one attached hydrogen (secondary N) is 1. The summed E-state index contributed by atoms with van der Waals surface area (Å²) in [5.74, 6) is -0.553. The lowest BCUT2D eigenvalue weighted by atomic mass is 9.95. The first-order chi connectivity index (χ1) is 7.41. The van der Waals surface area contributed by atoms with Gasteiger partial charge in [0.1, 0.15) is 10.6 Å². The van der Waals surface area contributed by atoms with Crippen LogP contribution < -0.4 is 0 Å². The van der Waals surface area contributed by atoms with Crippen molar-refractivity contribution in [2.75, 3.05) is 0 Å². The van der Waals surface area contributed by atoms with Crippen molar-refractivity contribution in [3.8, 4) is 0 Å². The lowest BCUT2D eigenvalue weighted by molar-refractivity contribution is 0.106. The molecular weight excluding hydrogens is 230 g/mol. The summed E-state index contributed by atoms with van der Waals surface area (Å²) < 4.78 is 31.2. The van der Waals surface area contributed by atoms with Gasteiger partial charge in [-0.1, -0.05) is 24.3 Å². The Morgan fingerprint density at radius 3 is 2.25 bits per heavy atom. The zero-order chi connectivity index (χ0) is 11.9. The third-order valence-electron chi connectivity index (χ3n) is 2.24. The minimum atomic E-state index is -4.43. The quantitative estimate of drug-likeness (QED) is 0.716. The van der Waals surface area contributed by atoms with Gasteiger partial charge < -0.3 is 0 Å². The molecule has 0 atom stereocenters. The van der Waals surface area contributed by atoms with Crippen molar-refractivity contribution in [3.05, 3.63) is 41.5 Å². The first-order valence-corrected chi connectivity index (χ1v) is 5.77. The van der Waals surface area contributed by atoms with E-state index >= 15 is 0 Å². The zero-order valence-corrected chi connectivity index (χ0v) is 8.78. The molecule has 0 fully saturated rings. The summed E-state index contributed by atoms with van der Waals surface area (Å²) >= 11 is 0. The van der Waals surface area contributed by atoms with E-state index in [1.54, 1.807) is 12.1 Å². The van der Waals surface area contributed by atoms with Crippen LogP contribution >= 0.6 is 0 Å². The molecule has 0 amide bonds. The smallest absolute Gasteiger partial charge is 0.295 e. The van der Waals surface area contributed by atoms with E-state index in [0.717, 1.165) is 6.08 Å². The molecule has 16 heavy (non-hydrogen) atoms. The fourth-order valence-electron chi connectivity index (χ4n) is 1.53. The molecule has 0 heterocycles. The Kier molecular flexibility index (Phi) is 2.25. The van der Waals surface area contributed by atoms with Crippen LogP contribution in [0.3, 0.4) is 0 Å². The molecular formula is C10H7NO4S. The van der Waals surface area contributed by atoms with Crippen LogP contribution in [-0.2, 0) is 10.1 Å². The lowest BCUT2D eigenvalue weighted by Crippen LogP contribution is -2.20. The monoisotopic (exact) mass is 237 g/mol. The minimum Gasteiger partial charge on any atom is -0.297 e. The molecule has 1 aliphatic carbocycles. The number of ketones is 1. The standard InChI is InChI=1S/C10H7NO4S/c11-8-5-9(16(13,14)15)6-3-1-2-4-7(6)10(8)12/h1-5,11H,(H,13,14,15). The third kappa shape index (κ3) is 1.58. The minimum absolute atomic E-state index is 0.114. The Labute approximate surface area is 91.7 Å². The number of rotatable bonds is 1. The fourth-order valence-corrected chi connectivity index (χ4v) is 2.25. The van der Waals surface area contributed by atoms with Crippen LogP contribution in [0.2, 0.25) is 0 Å². The molecule has 0 saturated heterocycles. The van der Waals surface area contributed by atoms with Crippen molar-refractivity contribution < 1.29 is 17.8 Å². The molecule has 0 aliphatic heterocycles. The Bertz CT molecular complexity index is 628. The van der Waals surface area contributed by atoms with Crippen LogP contribution in [0.25, 0.3) is 4.91 Å². The Hall–Kier alpha value is -1.79. The van der Waals surface area contributed by atoms with Crippen molar-refractivity contribution >= 4 is 26.5 Å². The molecule has 5 nitrogen and oxygen atoms in total. The third-order valence-corrected chi connectivity index (χ3v) is 3.13. The highest BCUT2D eigenvalue weighted by atomic mass is 32.2. The van der Waals surface area contributed by atoms with Gasteiger partial charge in [-0.2, -0.15) is 8.42 Å². The van der Waals surface area contributed by atoms with Crippen molar-refractivity contribution in [2.45, 2.75) is 0 Å². The van der Waals surface area contributed by atoms with E-state index in [1.807, 2.05) is 0 Å². The fraction of sp³-hybridized carbons (Fsp3) is 0. The van der Waals surface area contributed by atoms with Crippen LogP contribution in [-0.4, -0.2) is 24.5 Å². The van der Waals surface area contributed by atoms with Gasteiger partial charge in [0.2, 0.25) is 5.78 Å². The molecule has 0 bridgehead atoms. The van der Waals surface area contributed by atoms with Crippen molar-refractivity contribution in [2.24, 2.45) is 0 Å². The van der Waals surface area contributed by atoms with Gasteiger partial charge in [-0.3, -0.25) is 14.8 Å². The van der Waals surface area contributed by atoms with E-state index in [9.17, 15) is 13.2 Å². The summed E-state index contributed by atoms with van der Waals surface area (Å²) in [5.41, 5.74) is -0.208. The summed E-state index contributed by atoms with van der Waals surface area (Å²) in [7, 11) is -4.43. The molecule has 1 aromatic carbocycles. The first-order valence-electron chi connectivity index (χ1n) is 4.33. The highest BCUT2D eigenvalue weighted by Crippen LogP contribution is 2.28. The van der Waals surface area contributed by atoms with Crippen LogP contribution in [0, 0.1) is 5.41 Å². The second-order valence-electron chi connectivity index (χ2n) is 3.27.